The highest BCUT2D eigenvalue weighted by Gasteiger charge is 2.09. The first-order chi connectivity index (χ1) is 14.1. The number of benzene rings is 3. The molecular weight excluding hydrogens is 521 g/mol. The molecule has 0 saturated carbocycles. The smallest absolute Gasteiger partial charge is 0.204 e. The van der Waals surface area contributed by atoms with Crippen LogP contribution in [0.3, 0.4) is 0 Å². The van der Waals surface area contributed by atoms with Crippen molar-refractivity contribution in [2.45, 2.75) is 6.61 Å². The topological polar surface area (TPSA) is 46.5 Å². The van der Waals surface area contributed by atoms with Crippen LogP contribution in [0.1, 0.15) is 11.1 Å². The summed E-state index contributed by atoms with van der Waals surface area (Å²) < 4.78 is 21.6. The van der Waals surface area contributed by atoms with Gasteiger partial charge in [0.2, 0.25) is 5.13 Å². The van der Waals surface area contributed by atoms with Crippen LogP contribution in [0.15, 0.2) is 74.7 Å². The highest BCUT2D eigenvalue weighted by Crippen LogP contribution is 2.35. The van der Waals surface area contributed by atoms with Crippen LogP contribution in [0.5, 0.6) is 5.75 Å². The molecule has 1 heterocycles. The maximum Gasteiger partial charge on any atom is 0.204 e. The molecule has 146 valence electrons. The Hall–Kier alpha value is -2.29. The van der Waals surface area contributed by atoms with E-state index < -0.39 is 0 Å². The quantitative estimate of drug-likeness (QED) is 0.214. The van der Waals surface area contributed by atoms with E-state index in [-0.39, 0.29) is 5.82 Å². The molecular formula is C21H14Br2FN3OS. The summed E-state index contributed by atoms with van der Waals surface area (Å²) in [5, 5.41) is 5.01. The molecule has 0 unspecified atom stereocenters. The van der Waals surface area contributed by atoms with Gasteiger partial charge < -0.3 is 4.74 Å². The van der Waals surface area contributed by atoms with Crippen LogP contribution in [0, 0.1) is 5.82 Å². The van der Waals surface area contributed by atoms with Gasteiger partial charge in [-0.1, -0.05) is 35.6 Å². The number of rotatable bonds is 6. The molecule has 0 aliphatic heterocycles. The van der Waals surface area contributed by atoms with Gasteiger partial charge in [-0.05, 0) is 79.4 Å². The third kappa shape index (κ3) is 5.01. The SMILES string of the molecule is Fc1ccc(COc2c(Br)cc(/C=N\Nc3nc4ccccc4s3)cc2Br)cc1. The highest BCUT2D eigenvalue weighted by molar-refractivity contribution is 9.11. The van der Waals surface area contributed by atoms with Crippen LogP contribution in [-0.4, -0.2) is 11.2 Å². The van der Waals surface area contributed by atoms with Gasteiger partial charge in [0, 0.05) is 0 Å². The zero-order chi connectivity index (χ0) is 20.2. The standard InChI is InChI=1S/C21H14Br2FN3OS/c22-16-9-14(11-25-27-21-26-18-3-1-2-4-19(18)29-21)10-17(23)20(16)28-12-13-5-7-15(24)8-6-13/h1-11H,12H2,(H,26,27)/b25-11-. The van der Waals surface area contributed by atoms with Crippen LogP contribution in [0.2, 0.25) is 0 Å². The van der Waals surface area contributed by atoms with Gasteiger partial charge in [0.15, 0.2) is 0 Å². The number of thiazole rings is 1. The molecule has 0 radical (unpaired) electrons. The number of anilines is 1. The summed E-state index contributed by atoms with van der Waals surface area (Å²) in [6, 6.07) is 18.0. The van der Waals surface area contributed by atoms with Crippen molar-refractivity contribution in [3.05, 3.63) is 86.6 Å². The lowest BCUT2D eigenvalue weighted by Gasteiger charge is -2.11. The number of nitrogens with one attached hydrogen (secondary N) is 1. The second kappa shape index (κ2) is 9.02. The molecule has 0 spiro atoms. The lowest BCUT2D eigenvalue weighted by atomic mass is 10.2. The molecule has 4 aromatic rings. The minimum absolute atomic E-state index is 0.265. The number of aromatic nitrogens is 1. The lowest BCUT2D eigenvalue weighted by Crippen LogP contribution is -1.98. The zero-order valence-electron chi connectivity index (χ0n) is 14.9. The molecule has 1 aromatic heterocycles. The van der Waals surface area contributed by atoms with Crippen molar-refractivity contribution in [2.24, 2.45) is 5.10 Å². The van der Waals surface area contributed by atoms with Crippen molar-refractivity contribution in [3.63, 3.8) is 0 Å². The molecule has 0 fully saturated rings. The summed E-state index contributed by atoms with van der Waals surface area (Å²) in [5.74, 6) is 0.407. The van der Waals surface area contributed by atoms with E-state index in [1.165, 1.54) is 12.1 Å². The average molecular weight is 535 g/mol. The van der Waals surface area contributed by atoms with E-state index in [1.54, 1.807) is 29.7 Å². The van der Waals surface area contributed by atoms with E-state index in [1.807, 2.05) is 36.4 Å². The van der Waals surface area contributed by atoms with Crippen LogP contribution < -0.4 is 10.2 Å². The van der Waals surface area contributed by atoms with E-state index >= 15 is 0 Å². The Labute approximate surface area is 187 Å². The largest absolute Gasteiger partial charge is 0.487 e. The molecule has 0 amide bonds. The van der Waals surface area contributed by atoms with Crippen LogP contribution in [0.25, 0.3) is 10.2 Å². The fourth-order valence-corrected chi connectivity index (χ4v) is 4.88. The number of halogens is 3. The Bertz CT molecular complexity index is 1120. The van der Waals surface area contributed by atoms with Gasteiger partial charge in [-0.3, -0.25) is 5.43 Å². The van der Waals surface area contributed by atoms with Crippen LogP contribution >= 0.6 is 43.2 Å². The molecule has 4 rings (SSSR count). The molecule has 0 bridgehead atoms. The van der Waals surface area contributed by atoms with Crippen LogP contribution in [-0.2, 0) is 6.61 Å². The summed E-state index contributed by atoms with van der Waals surface area (Å²) in [6.45, 7) is 0.337. The van der Waals surface area contributed by atoms with Crippen molar-refractivity contribution in [1.82, 2.24) is 4.98 Å². The van der Waals surface area contributed by atoms with Crippen molar-refractivity contribution in [1.29, 1.82) is 0 Å². The van der Waals surface area contributed by atoms with Crippen molar-refractivity contribution >= 4 is 64.8 Å². The third-order valence-corrected chi connectivity index (χ3v) is 6.10. The monoisotopic (exact) mass is 533 g/mol. The fourth-order valence-electron chi connectivity index (χ4n) is 2.61. The van der Waals surface area contributed by atoms with Gasteiger partial charge in [0.25, 0.3) is 0 Å². The number of fused-ring (bicyclic) bond motifs is 1. The van der Waals surface area contributed by atoms with Gasteiger partial charge in [0.05, 0.1) is 25.4 Å². The first-order valence-electron chi connectivity index (χ1n) is 8.59. The normalized spacial score (nSPS) is 11.3. The Morgan fingerprint density at radius 2 is 1.79 bits per heavy atom. The summed E-state index contributed by atoms with van der Waals surface area (Å²) in [7, 11) is 0. The minimum atomic E-state index is -0.265. The first kappa shape index (κ1) is 20.0. The summed E-state index contributed by atoms with van der Waals surface area (Å²) in [5.41, 5.74) is 5.69. The molecule has 0 atom stereocenters. The van der Waals surface area contributed by atoms with Crippen molar-refractivity contribution in [2.75, 3.05) is 5.43 Å². The maximum atomic E-state index is 13.0. The molecule has 0 aliphatic carbocycles. The molecule has 1 N–H and O–H groups in total. The van der Waals surface area contributed by atoms with E-state index in [0.29, 0.717) is 12.4 Å². The number of para-hydroxylation sites is 1. The molecule has 29 heavy (non-hydrogen) atoms. The van der Waals surface area contributed by atoms with E-state index in [9.17, 15) is 4.39 Å². The minimum Gasteiger partial charge on any atom is -0.487 e. The summed E-state index contributed by atoms with van der Waals surface area (Å²) in [6.07, 6.45) is 1.71. The predicted octanol–water partition coefficient (Wildman–Crippen LogP) is 6.99. The Morgan fingerprint density at radius 1 is 1.07 bits per heavy atom. The van der Waals surface area contributed by atoms with Gasteiger partial charge in [-0.2, -0.15) is 5.10 Å². The van der Waals surface area contributed by atoms with Crippen molar-refractivity contribution in [3.8, 4) is 5.75 Å². The molecule has 0 aliphatic rings. The molecule has 4 nitrogen and oxygen atoms in total. The van der Waals surface area contributed by atoms with Gasteiger partial charge in [0.1, 0.15) is 18.2 Å². The Morgan fingerprint density at radius 3 is 2.52 bits per heavy atom. The number of ether oxygens (including phenoxy) is 1. The number of hydrazone groups is 1. The van der Waals surface area contributed by atoms with Crippen molar-refractivity contribution < 1.29 is 9.13 Å². The highest BCUT2D eigenvalue weighted by atomic mass is 79.9. The molecule has 3 aromatic carbocycles. The van der Waals surface area contributed by atoms with E-state index in [2.05, 4.69) is 47.4 Å². The van der Waals surface area contributed by atoms with Gasteiger partial charge >= 0.3 is 0 Å². The molecule has 0 saturated heterocycles. The summed E-state index contributed by atoms with van der Waals surface area (Å²) in [4.78, 5) is 4.48. The molecule has 8 heteroatoms. The maximum absolute atomic E-state index is 13.0. The number of hydrogen-bond donors (Lipinski definition) is 1. The second-order valence-electron chi connectivity index (χ2n) is 6.09. The van der Waals surface area contributed by atoms with E-state index in [0.717, 1.165) is 35.4 Å². The fraction of sp³-hybridized carbons (Fsp3) is 0.0476. The Kier molecular flexibility index (Phi) is 6.22. The number of nitrogens with zero attached hydrogens (tertiary/aromatic N) is 2. The number of hydrogen-bond acceptors (Lipinski definition) is 5. The Balaban J connectivity index is 1.43. The zero-order valence-corrected chi connectivity index (χ0v) is 18.9. The second-order valence-corrected chi connectivity index (χ2v) is 8.82. The van der Waals surface area contributed by atoms with E-state index in [4.69, 9.17) is 4.74 Å². The lowest BCUT2D eigenvalue weighted by molar-refractivity contribution is 0.302. The van der Waals surface area contributed by atoms with Gasteiger partial charge in [-0.25, -0.2) is 9.37 Å². The summed E-state index contributed by atoms with van der Waals surface area (Å²) >= 11 is 8.62. The average Bonchev–Trinajstić information content (AvgIpc) is 3.11. The first-order valence-corrected chi connectivity index (χ1v) is 11.0. The third-order valence-electron chi connectivity index (χ3n) is 3.98. The predicted molar refractivity (Wildman–Crippen MR) is 123 cm³/mol. The van der Waals surface area contributed by atoms with Gasteiger partial charge in [-0.15, -0.1) is 0 Å². The van der Waals surface area contributed by atoms with Crippen LogP contribution in [0.4, 0.5) is 9.52 Å².